The summed E-state index contributed by atoms with van der Waals surface area (Å²) < 4.78 is 16.1. The molecular weight excluding hydrogens is 773 g/mol. The molecule has 0 heterocycles. The van der Waals surface area contributed by atoms with Crippen LogP contribution in [-0.2, 0) is 47.8 Å². The molecule has 0 fully saturated rings. The van der Waals surface area contributed by atoms with Gasteiger partial charge in [-0.3, -0.25) is 33.6 Å². The number of hydrogen-bond acceptors (Lipinski definition) is 10. The summed E-state index contributed by atoms with van der Waals surface area (Å²) in [4.78, 5) is 82.1. The fraction of sp³-hybridized carbons (Fsp3) is 0.848. The Labute approximate surface area is 362 Å². The zero-order chi connectivity index (χ0) is 44.5. The maximum absolute atomic E-state index is 12.5. The van der Waals surface area contributed by atoms with Crippen molar-refractivity contribution in [3.8, 4) is 0 Å². The van der Waals surface area contributed by atoms with E-state index in [0.29, 0.717) is 52.2 Å². The van der Waals surface area contributed by atoms with E-state index in [4.69, 9.17) is 19.3 Å². The van der Waals surface area contributed by atoms with E-state index < -0.39 is 17.9 Å². The van der Waals surface area contributed by atoms with E-state index >= 15 is 0 Å². The van der Waals surface area contributed by atoms with Crippen LogP contribution >= 0.6 is 0 Å². The number of carboxylic acids is 2. The highest BCUT2D eigenvalue weighted by atomic mass is 16.5. The molecule has 2 amide bonds. The van der Waals surface area contributed by atoms with Gasteiger partial charge in [0.05, 0.1) is 25.7 Å². The summed E-state index contributed by atoms with van der Waals surface area (Å²) in [7, 11) is 0. The van der Waals surface area contributed by atoms with Gasteiger partial charge in [0.15, 0.2) is 0 Å². The van der Waals surface area contributed by atoms with Crippen molar-refractivity contribution in [1.29, 1.82) is 0 Å². The minimum absolute atomic E-state index is 0. The highest BCUT2D eigenvalue weighted by molar-refractivity contribution is 5.84. The molecule has 14 heteroatoms. The highest BCUT2D eigenvalue weighted by Crippen LogP contribution is 2.18. The average molecular weight is 857 g/mol. The number of Topliss-reactive ketones (excluding diaryl/α,β-unsaturated/α-hetero) is 3. The van der Waals surface area contributed by atoms with Gasteiger partial charge in [-0.05, 0) is 51.9 Å². The van der Waals surface area contributed by atoms with Gasteiger partial charge >= 0.3 is 11.9 Å². The molecule has 0 aliphatic heterocycles. The number of hydrogen-bond donors (Lipinski definition) is 4. The number of carbonyl (C=O) groups is 7. The Hall–Kier alpha value is -3.23. The molecule has 4 N–H and O–H groups in total. The van der Waals surface area contributed by atoms with E-state index in [1.807, 2.05) is 6.92 Å². The zero-order valence-electron chi connectivity index (χ0n) is 37.4. The van der Waals surface area contributed by atoms with Crippen molar-refractivity contribution in [3.05, 3.63) is 0 Å². The van der Waals surface area contributed by atoms with E-state index in [0.717, 1.165) is 83.5 Å². The number of amides is 2. The first-order valence-electron chi connectivity index (χ1n) is 23.2. The van der Waals surface area contributed by atoms with Crippen molar-refractivity contribution in [1.82, 2.24) is 10.6 Å². The summed E-state index contributed by atoms with van der Waals surface area (Å²) in [5.41, 5.74) is 0. The molecule has 0 saturated carbocycles. The van der Waals surface area contributed by atoms with E-state index in [9.17, 15) is 38.7 Å². The Morgan fingerprint density at radius 2 is 0.950 bits per heavy atom. The minimum Gasteiger partial charge on any atom is -0.481 e. The number of nitrogens with one attached hydrogen (secondary N) is 2. The van der Waals surface area contributed by atoms with Crippen LogP contribution in [-0.4, -0.2) is 104 Å². The smallest absolute Gasteiger partial charge is 0.306 e. The summed E-state index contributed by atoms with van der Waals surface area (Å²) >= 11 is 0. The predicted octanol–water partition coefficient (Wildman–Crippen LogP) is 8.20. The van der Waals surface area contributed by atoms with Crippen LogP contribution in [0.1, 0.15) is 189 Å². The quantitative estimate of drug-likeness (QED) is 0.0427. The lowest BCUT2D eigenvalue weighted by atomic mass is 9.93. The van der Waals surface area contributed by atoms with E-state index in [1.54, 1.807) is 6.92 Å². The lowest BCUT2D eigenvalue weighted by Gasteiger charge is -2.11. The lowest BCUT2D eigenvalue weighted by molar-refractivity contribution is -0.144. The van der Waals surface area contributed by atoms with Gasteiger partial charge in [0.1, 0.15) is 30.6 Å². The third-order valence-electron chi connectivity index (χ3n) is 10.7. The van der Waals surface area contributed by atoms with Gasteiger partial charge in [-0.25, -0.2) is 0 Å². The normalized spacial score (nSPS) is 12.2. The molecule has 2 atom stereocenters. The number of aliphatic carboxylic acids is 2. The van der Waals surface area contributed by atoms with Gasteiger partial charge < -0.3 is 35.1 Å². The molecule has 60 heavy (non-hydrogen) atoms. The molecule has 0 aromatic heterocycles. The van der Waals surface area contributed by atoms with Crippen molar-refractivity contribution in [3.63, 3.8) is 0 Å². The molecule has 0 aliphatic rings. The third-order valence-corrected chi connectivity index (χ3v) is 10.7. The lowest BCUT2D eigenvalue weighted by Crippen LogP contribution is -2.31. The molecule has 0 spiro atoms. The first kappa shape index (κ1) is 56.8. The van der Waals surface area contributed by atoms with Crippen LogP contribution in [0.2, 0.25) is 0 Å². The van der Waals surface area contributed by atoms with Crippen LogP contribution in [0.5, 0.6) is 0 Å². The Bertz CT molecular complexity index is 1170. The SMILES string of the molecule is CC(=O)[C@@H](C)CCCCNC(=O)COCCOCCNC(=O)COCCCCCCC(=O)CC[C@H](CC(=O)CCCCCCCCCCCCCCCCC(=O)O)C(=O)O.[HH]. The largest absolute Gasteiger partial charge is 0.481 e. The van der Waals surface area contributed by atoms with E-state index in [2.05, 4.69) is 10.6 Å². The van der Waals surface area contributed by atoms with Crippen molar-refractivity contribution in [2.75, 3.05) is 52.7 Å². The molecule has 350 valence electrons. The summed E-state index contributed by atoms with van der Waals surface area (Å²) in [5, 5.41) is 23.8. The molecule has 0 aromatic carbocycles. The van der Waals surface area contributed by atoms with Crippen molar-refractivity contribution < 1.29 is 59.4 Å². The van der Waals surface area contributed by atoms with Gasteiger partial charge in [0, 0.05) is 59.1 Å². The number of ketones is 3. The van der Waals surface area contributed by atoms with Crippen LogP contribution in [0.15, 0.2) is 0 Å². The van der Waals surface area contributed by atoms with Gasteiger partial charge in [0.25, 0.3) is 0 Å². The van der Waals surface area contributed by atoms with Gasteiger partial charge in [-0.15, -0.1) is 0 Å². The summed E-state index contributed by atoms with van der Waals surface area (Å²) in [6.07, 6.45) is 22.5. The molecule has 0 bridgehead atoms. The average Bonchev–Trinajstić information content (AvgIpc) is 3.20. The fourth-order valence-corrected chi connectivity index (χ4v) is 6.67. The molecule has 0 aliphatic carbocycles. The van der Waals surface area contributed by atoms with Gasteiger partial charge in [-0.2, -0.15) is 0 Å². The number of ether oxygens (including phenoxy) is 3. The molecule has 0 aromatic rings. The Kier molecular flexibility index (Phi) is 38.9. The zero-order valence-corrected chi connectivity index (χ0v) is 37.4. The molecule has 0 saturated heterocycles. The second-order valence-electron chi connectivity index (χ2n) is 16.3. The van der Waals surface area contributed by atoms with Crippen LogP contribution in [0.3, 0.4) is 0 Å². The van der Waals surface area contributed by atoms with E-state index in [1.165, 1.54) is 44.9 Å². The third kappa shape index (κ3) is 40.2. The van der Waals surface area contributed by atoms with Crippen LogP contribution in [0.25, 0.3) is 0 Å². The van der Waals surface area contributed by atoms with Crippen LogP contribution in [0.4, 0.5) is 0 Å². The summed E-state index contributed by atoms with van der Waals surface area (Å²) in [6.45, 7) is 5.57. The minimum atomic E-state index is -1.02. The van der Waals surface area contributed by atoms with Crippen molar-refractivity contribution >= 4 is 41.1 Å². The standard InChI is InChI=1S/C46H82N2O12.H2/c1-38(39(2)49)23-20-21-29-47-43(52)37-60-34-33-58-32-30-48-44(53)36-59-31-22-16-15-17-24-41(50)28-27-40(46(56)57)35-42(51)25-18-13-11-9-7-5-3-4-6-8-10-12-14-19-26-45(54)55;/h38,40H,3-37H2,1-2H3,(H,47,52)(H,48,53)(H,54,55)(H,56,57);1H/t38-,40+;/m0./s1. The number of carboxylic acid groups (broad SMARTS) is 2. The van der Waals surface area contributed by atoms with Crippen molar-refractivity contribution in [2.24, 2.45) is 11.8 Å². The highest BCUT2D eigenvalue weighted by Gasteiger charge is 2.22. The summed E-state index contributed by atoms with van der Waals surface area (Å²) in [5.74, 6) is -2.76. The summed E-state index contributed by atoms with van der Waals surface area (Å²) in [6, 6.07) is 0. The molecule has 0 rings (SSSR count). The first-order chi connectivity index (χ1) is 28.9. The molecule has 0 unspecified atom stereocenters. The fourth-order valence-electron chi connectivity index (χ4n) is 6.67. The Morgan fingerprint density at radius 3 is 1.48 bits per heavy atom. The second-order valence-corrected chi connectivity index (χ2v) is 16.3. The predicted molar refractivity (Wildman–Crippen MR) is 234 cm³/mol. The van der Waals surface area contributed by atoms with Gasteiger partial charge in [0.2, 0.25) is 11.8 Å². The van der Waals surface area contributed by atoms with Gasteiger partial charge in [-0.1, -0.05) is 103 Å². The number of rotatable bonds is 46. The molecule has 14 nitrogen and oxygen atoms in total. The molecule has 0 radical (unpaired) electrons. The Balaban J connectivity index is 0. The monoisotopic (exact) mass is 857 g/mol. The van der Waals surface area contributed by atoms with E-state index in [-0.39, 0.29) is 82.0 Å². The van der Waals surface area contributed by atoms with Crippen molar-refractivity contribution in [2.45, 2.75) is 187 Å². The second kappa shape index (κ2) is 41.1. The number of carbonyl (C=O) groups excluding carboxylic acids is 5. The number of unbranched alkanes of at least 4 members (excludes halogenated alkanes) is 17. The van der Waals surface area contributed by atoms with Crippen LogP contribution < -0.4 is 10.6 Å². The first-order valence-corrected chi connectivity index (χ1v) is 23.2. The molecular formula is C46H84N2O12. The maximum atomic E-state index is 12.5. The maximum Gasteiger partial charge on any atom is 0.306 e. The topological polar surface area (TPSA) is 212 Å². The van der Waals surface area contributed by atoms with Crippen LogP contribution in [0, 0.1) is 11.8 Å². The Morgan fingerprint density at radius 1 is 0.483 bits per heavy atom.